The van der Waals surface area contributed by atoms with Gasteiger partial charge in [0.2, 0.25) is 0 Å². The highest BCUT2D eigenvalue weighted by molar-refractivity contribution is 7.71. The van der Waals surface area contributed by atoms with E-state index in [0.717, 1.165) is 5.82 Å². The lowest BCUT2D eigenvalue weighted by Gasteiger charge is -2.21. The predicted octanol–water partition coefficient (Wildman–Crippen LogP) is 4.53. The highest BCUT2D eigenvalue weighted by Gasteiger charge is 2.22. The van der Waals surface area contributed by atoms with Crippen molar-refractivity contribution in [3.63, 3.8) is 0 Å². The maximum Gasteiger partial charge on any atom is 0.137 e. The van der Waals surface area contributed by atoms with Crippen molar-refractivity contribution < 1.29 is 4.74 Å². The topological polar surface area (TPSA) is 37.9 Å². The lowest BCUT2D eigenvalue weighted by atomic mass is 10.0. The Morgan fingerprint density at radius 1 is 1.42 bits per heavy atom. The summed E-state index contributed by atoms with van der Waals surface area (Å²) in [5, 5.41) is 0. The summed E-state index contributed by atoms with van der Waals surface area (Å²) in [6, 6.07) is 2.03. The summed E-state index contributed by atoms with van der Waals surface area (Å²) in [5.41, 5.74) is 1.25. The summed E-state index contributed by atoms with van der Waals surface area (Å²) in [5.74, 6) is 1.90. The number of nitrogens with one attached hydrogen (secondary N) is 1. The van der Waals surface area contributed by atoms with Crippen molar-refractivity contribution in [2.24, 2.45) is 5.92 Å². The third kappa shape index (κ3) is 3.63. The van der Waals surface area contributed by atoms with Gasteiger partial charge in [0.15, 0.2) is 0 Å². The van der Waals surface area contributed by atoms with Crippen LogP contribution in [0.2, 0.25) is 0 Å². The van der Waals surface area contributed by atoms with Crippen molar-refractivity contribution >= 4 is 12.2 Å². The number of aromatic amines is 1. The molecular weight excluding hydrogens is 256 g/mol. The molecule has 2 rings (SSSR count). The van der Waals surface area contributed by atoms with Crippen LogP contribution in [-0.2, 0) is 4.74 Å². The van der Waals surface area contributed by atoms with E-state index in [4.69, 9.17) is 17.0 Å². The van der Waals surface area contributed by atoms with Gasteiger partial charge in [-0.1, -0.05) is 38.9 Å². The van der Waals surface area contributed by atoms with Crippen LogP contribution < -0.4 is 0 Å². The zero-order valence-electron chi connectivity index (χ0n) is 12.1. The molecule has 3 nitrogen and oxygen atoms in total. The Kier molecular flexibility index (Phi) is 5.11. The van der Waals surface area contributed by atoms with E-state index in [1.54, 1.807) is 0 Å². The first-order valence-electron chi connectivity index (χ1n) is 7.34. The van der Waals surface area contributed by atoms with Crippen LogP contribution in [0.4, 0.5) is 0 Å². The van der Waals surface area contributed by atoms with E-state index in [9.17, 15) is 0 Å². The fourth-order valence-electron chi connectivity index (χ4n) is 2.85. The molecule has 0 amide bonds. The molecule has 0 radical (unpaired) electrons. The fraction of sp³-hybridized carbons (Fsp3) is 0.733. The smallest absolute Gasteiger partial charge is 0.137 e. The van der Waals surface area contributed by atoms with Crippen LogP contribution in [0.3, 0.4) is 0 Å². The summed E-state index contributed by atoms with van der Waals surface area (Å²) < 4.78 is 6.50. The number of H-pyrrole nitrogens is 1. The average molecular weight is 280 g/mol. The summed E-state index contributed by atoms with van der Waals surface area (Å²) >= 11 is 5.33. The average Bonchev–Trinajstić information content (AvgIpc) is 2.88. The van der Waals surface area contributed by atoms with E-state index in [0.29, 0.717) is 23.1 Å². The Balaban J connectivity index is 2.31. The summed E-state index contributed by atoms with van der Waals surface area (Å²) in [6.07, 6.45) is 5.17. The lowest BCUT2D eigenvalue weighted by Crippen LogP contribution is -2.16. The number of rotatable bonds is 5. The van der Waals surface area contributed by atoms with Crippen LogP contribution in [0.5, 0.6) is 0 Å². The van der Waals surface area contributed by atoms with Gasteiger partial charge < -0.3 is 9.72 Å². The molecule has 1 heterocycles. The van der Waals surface area contributed by atoms with Crippen molar-refractivity contribution in [1.82, 2.24) is 9.97 Å². The molecule has 0 spiro atoms. The molecular formula is C15H24N2OS. The van der Waals surface area contributed by atoms with Crippen molar-refractivity contribution in [1.29, 1.82) is 0 Å². The van der Waals surface area contributed by atoms with E-state index >= 15 is 0 Å². The summed E-state index contributed by atoms with van der Waals surface area (Å²) in [4.78, 5) is 7.97. The van der Waals surface area contributed by atoms with Crippen LogP contribution in [0, 0.1) is 10.6 Å². The maximum absolute atomic E-state index is 5.82. The minimum Gasteiger partial charge on any atom is -0.370 e. The fourth-order valence-corrected chi connectivity index (χ4v) is 3.08. The molecule has 0 aromatic carbocycles. The van der Waals surface area contributed by atoms with Crippen LogP contribution in [0.1, 0.15) is 70.0 Å². The second-order valence-electron chi connectivity index (χ2n) is 5.66. The van der Waals surface area contributed by atoms with Crippen molar-refractivity contribution in [2.45, 2.75) is 58.5 Å². The molecule has 1 aromatic rings. The SMILES string of the molecule is CCOC(c1nc(=S)cc(C2CCCC2)[nH]1)C(C)C. The van der Waals surface area contributed by atoms with Gasteiger partial charge in [0.1, 0.15) is 16.6 Å². The zero-order valence-corrected chi connectivity index (χ0v) is 12.9. The first-order chi connectivity index (χ1) is 9.11. The van der Waals surface area contributed by atoms with Gasteiger partial charge in [-0.05, 0) is 37.7 Å². The number of nitrogens with zero attached hydrogens (tertiary/aromatic N) is 1. The first-order valence-corrected chi connectivity index (χ1v) is 7.75. The van der Waals surface area contributed by atoms with Crippen LogP contribution in [-0.4, -0.2) is 16.6 Å². The van der Waals surface area contributed by atoms with Crippen molar-refractivity contribution in [2.75, 3.05) is 6.61 Å². The van der Waals surface area contributed by atoms with E-state index in [1.807, 2.05) is 13.0 Å². The largest absolute Gasteiger partial charge is 0.370 e. The molecule has 1 aromatic heterocycles. The molecule has 1 saturated carbocycles. The molecule has 1 unspecified atom stereocenters. The Morgan fingerprint density at radius 3 is 2.68 bits per heavy atom. The molecule has 0 saturated heterocycles. The number of ether oxygens (including phenoxy) is 1. The number of hydrogen-bond donors (Lipinski definition) is 1. The van der Waals surface area contributed by atoms with Gasteiger partial charge in [0.05, 0.1) is 0 Å². The molecule has 1 aliphatic rings. The van der Waals surface area contributed by atoms with Gasteiger partial charge in [-0.2, -0.15) is 0 Å². The standard InChI is InChI=1S/C15H24N2OS/c1-4-18-14(10(2)3)15-16-12(9-13(19)17-15)11-7-5-6-8-11/h9-11,14H,4-8H2,1-3H3,(H,16,17,19). The second kappa shape index (κ2) is 6.62. The Labute approximate surface area is 120 Å². The van der Waals surface area contributed by atoms with Gasteiger partial charge in [-0.15, -0.1) is 0 Å². The van der Waals surface area contributed by atoms with E-state index in [2.05, 4.69) is 23.8 Å². The van der Waals surface area contributed by atoms with Crippen LogP contribution >= 0.6 is 12.2 Å². The van der Waals surface area contributed by atoms with E-state index in [-0.39, 0.29) is 6.10 Å². The van der Waals surface area contributed by atoms with Gasteiger partial charge >= 0.3 is 0 Å². The maximum atomic E-state index is 5.82. The minimum atomic E-state index is 0.00746. The van der Waals surface area contributed by atoms with Gasteiger partial charge in [-0.25, -0.2) is 4.98 Å². The minimum absolute atomic E-state index is 0.00746. The first kappa shape index (κ1) is 14.7. The van der Waals surface area contributed by atoms with Gasteiger partial charge in [0.25, 0.3) is 0 Å². The lowest BCUT2D eigenvalue weighted by molar-refractivity contribution is 0.0229. The highest BCUT2D eigenvalue weighted by Crippen LogP contribution is 2.34. The second-order valence-corrected chi connectivity index (χ2v) is 6.08. The third-order valence-electron chi connectivity index (χ3n) is 3.80. The molecule has 1 aliphatic carbocycles. The molecule has 1 fully saturated rings. The van der Waals surface area contributed by atoms with Gasteiger partial charge in [-0.3, -0.25) is 0 Å². The van der Waals surface area contributed by atoms with Crippen LogP contribution in [0.15, 0.2) is 6.07 Å². The van der Waals surface area contributed by atoms with E-state index < -0.39 is 0 Å². The predicted molar refractivity (Wildman–Crippen MR) is 79.8 cm³/mol. The normalized spacial score (nSPS) is 18.1. The number of aromatic nitrogens is 2. The van der Waals surface area contributed by atoms with E-state index in [1.165, 1.54) is 31.4 Å². The number of hydrogen-bond acceptors (Lipinski definition) is 3. The molecule has 1 atom stereocenters. The molecule has 106 valence electrons. The monoisotopic (exact) mass is 280 g/mol. The molecule has 1 N–H and O–H groups in total. The molecule has 0 bridgehead atoms. The third-order valence-corrected chi connectivity index (χ3v) is 4.01. The Hall–Kier alpha value is -0.740. The van der Waals surface area contributed by atoms with Gasteiger partial charge in [0, 0.05) is 12.3 Å². The Bertz CT molecular complexity index is 463. The molecule has 19 heavy (non-hydrogen) atoms. The van der Waals surface area contributed by atoms with Crippen molar-refractivity contribution in [3.8, 4) is 0 Å². The summed E-state index contributed by atoms with van der Waals surface area (Å²) in [7, 11) is 0. The quantitative estimate of drug-likeness (QED) is 0.805. The zero-order chi connectivity index (χ0) is 13.8. The van der Waals surface area contributed by atoms with Crippen LogP contribution in [0.25, 0.3) is 0 Å². The summed E-state index contributed by atoms with van der Waals surface area (Å²) in [6.45, 7) is 7.02. The van der Waals surface area contributed by atoms with Crippen molar-refractivity contribution in [3.05, 3.63) is 22.2 Å². The molecule has 0 aliphatic heterocycles. The Morgan fingerprint density at radius 2 is 2.11 bits per heavy atom. The highest BCUT2D eigenvalue weighted by atomic mass is 32.1. The molecule has 4 heteroatoms.